The van der Waals surface area contributed by atoms with E-state index in [1.165, 1.54) is 18.7 Å². The summed E-state index contributed by atoms with van der Waals surface area (Å²) in [4.78, 5) is 10.5. The lowest BCUT2D eigenvalue weighted by Crippen LogP contribution is -2.01. The molecule has 3 aromatic rings. The minimum absolute atomic E-state index is 0.0521. The standard InChI is InChI=1S/C18H18N4O3/c1-25-18-9-16(7-8-17(18)22(23)24)19-10-15-11-20-21(13-15)12-14-5-3-2-4-6-14/h2-9,11,13,19H,10,12H2,1H3. The van der Waals surface area contributed by atoms with E-state index in [2.05, 4.69) is 22.5 Å². The summed E-state index contributed by atoms with van der Waals surface area (Å²) >= 11 is 0. The molecular formula is C18H18N4O3. The van der Waals surface area contributed by atoms with Gasteiger partial charge in [0.1, 0.15) is 0 Å². The van der Waals surface area contributed by atoms with Crippen LogP contribution < -0.4 is 10.1 Å². The first-order chi connectivity index (χ1) is 12.2. The van der Waals surface area contributed by atoms with Gasteiger partial charge in [0.2, 0.25) is 0 Å². The third kappa shape index (κ3) is 4.14. The molecule has 0 fully saturated rings. The summed E-state index contributed by atoms with van der Waals surface area (Å²) in [6, 6.07) is 14.8. The van der Waals surface area contributed by atoms with Crippen LogP contribution in [0.2, 0.25) is 0 Å². The van der Waals surface area contributed by atoms with Crippen molar-refractivity contribution in [3.63, 3.8) is 0 Å². The number of aromatic nitrogens is 2. The van der Waals surface area contributed by atoms with Crippen molar-refractivity contribution in [2.24, 2.45) is 0 Å². The van der Waals surface area contributed by atoms with Crippen molar-refractivity contribution < 1.29 is 9.66 Å². The molecule has 3 rings (SSSR count). The molecular weight excluding hydrogens is 320 g/mol. The largest absolute Gasteiger partial charge is 0.490 e. The highest BCUT2D eigenvalue weighted by atomic mass is 16.6. The molecule has 1 N–H and O–H groups in total. The maximum Gasteiger partial charge on any atom is 0.311 e. The van der Waals surface area contributed by atoms with Crippen molar-refractivity contribution in [1.29, 1.82) is 0 Å². The third-order valence-electron chi connectivity index (χ3n) is 3.75. The number of rotatable bonds is 7. The zero-order valence-corrected chi connectivity index (χ0v) is 13.8. The van der Waals surface area contributed by atoms with Gasteiger partial charge in [-0.05, 0) is 11.6 Å². The van der Waals surface area contributed by atoms with Gasteiger partial charge in [0.05, 0.1) is 24.8 Å². The lowest BCUT2D eigenvalue weighted by molar-refractivity contribution is -0.385. The normalized spacial score (nSPS) is 10.4. The molecule has 1 heterocycles. The molecule has 0 spiro atoms. The predicted octanol–water partition coefficient (Wildman–Crippen LogP) is 3.46. The molecule has 7 nitrogen and oxygen atoms in total. The van der Waals surface area contributed by atoms with E-state index in [0.717, 1.165) is 11.3 Å². The summed E-state index contributed by atoms with van der Waals surface area (Å²) in [5, 5.41) is 18.5. The second-order valence-electron chi connectivity index (χ2n) is 5.53. The molecule has 1 aromatic heterocycles. The highest BCUT2D eigenvalue weighted by molar-refractivity contribution is 5.58. The number of nitrogens with zero attached hydrogens (tertiary/aromatic N) is 3. The van der Waals surface area contributed by atoms with Gasteiger partial charge in [0.25, 0.3) is 0 Å². The van der Waals surface area contributed by atoms with E-state index < -0.39 is 4.92 Å². The smallest absolute Gasteiger partial charge is 0.311 e. The Bertz CT molecular complexity index is 862. The predicted molar refractivity (Wildman–Crippen MR) is 94.7 cm³/mol. The molecule has 0 aliphatic carbocycles. The van der Waals surface area contributed by atoms with Crippen LogP contribution in [0.25, 0.3) is 0 Å². The SMILES string of the molecule is COc1cc(NCc2cnn(Cc3ccccc3)c2)ccc1[N+](=O)[O-]. The van der Waals surface area contributed by atoms with E-state index in [0.29, 0.717) is 13.1 Å². The second kappa shape index (κ2) is 7.48. The summed E-state index contributed by atoms with van der Waals surface area (Å²) in [6.45, 7) is 1.28. The number of methoxy groups -OCH3 is 1. The number of hydrogen-bond acceptors (Lipinski definition) is 5. The average molecular weight is 338 g/mol. The van der Waals surface area contributed by atoms with Gasteiger partial charge in [0, 0.05) is 36.1 Å². The first kappa shape index (κ1) is 16.5. The molecule has 0 aliphatic heterocycles. The van der Waals surface area contributed by atoms with Crippen molar-refractivity contribution in [2.75, 3.05) is 12.4 Å². The molecule has 0 amide bonds. The number of hydrogen-bond donors (Lipinski definition) is 1. The summed E-state index contributed by atoms with van der Waals surface area (Å²) in [7, 11) is 1.42. The molecule has 0 saturated carbocycles. The zero-order valence-electron chi connectivity index (χ0n) is 13.8. The summed E-state index contributed by atoms with van der Waals surface area (Å²) in [5.41, 5.74) is 2.90. The Kier molecular flexibility index (Phi) is 4.94. The van der Waals surface area contributed by atoms with E-state index in [-0.39, 0.29) is 11.4 Å². The van der Waals surface area contributed by atoms with Crippen LogP contribution >= 0.6 is 0 Å². The number of benzene rings is 2. The van der Waals surface area contributed by atoms with Gasteiger partial charge in [-0.3, -0.25) is 14.8 Å². The monoisotopic (exact) mass is 338 g/mol. The van der Waals surface area contributed by atoms with Crippen LogP contribution in [0.3, 0.4) is 0 Å². The van der Waals surface area contributed by atoms with Crippen molar-refractivity contribution in [3.8, 4) is 5.75 Å². The van der Waals surface area contributed by atoms with E-state index in [4.69, 9.17) is 4.74 Å². The highest BCUT2D eigenvalue weighted by Crippen LogP contribution is 2.29. The van der Waals surface area contributed by atoms with Gasteiger partial charge < -0.3 is 10.1 Å². The maximum atomic E-state index is 10.9. The summed E-state index contributed by atoms with van der Waals surface area (Å²) in [6.07, 6.45) is 3.78. The van der Waals surface area contributed by atoms with Crippen molar-refractivity contribution in [1.82, 2.24) is 9.78 Å². The number of anilines is 1. The molecule has 0 atom stereocenters. The van der Waals surface area contributed by atoms with Crippen molar-refractivity contribution in [3.05, 3.63) is 82.2 Å². The van der Waals surface area contributed by atoms with E-state index in [1.807, 2.05) is 29.1 Å². The minimum atomic E-state index is -0.462. The Morgan fingerprint density at radius 3 is 2.72 bits per heavy atom. The Labute approximate surface area is 145 Å². The van der Waals surface area contributed by atoms with Crippen LogP contribution in [0.5, 0.6) is 5.75 Å². The molecule has 128 valence electrons. The minimum Gasteiger partial charge on any atom is -0.490 e. The van der Waals surface area contributed by atoms with Crippen molar-refractivity contribution >= 4 is 11.4 Å². The van der Waals surface area contributed by atoms with Gasteiger partial charge in [-0.25, -0.2) is 0 Å². The molecule has 0 aliphatic rings. The van der Waals surface area contributed by atoms with E-state index in [1.54, 1.807) is 18.3 Å². The number of nitro groups is 1. The molecule has 0 bridgehead atoms. The van der Waals surface area contributed by atoms with Crippen LogP contribution in [0.1, 0.15) is 11.1 Å². The van der Waals surface area contributed by atoms with Crippen LogP contribution in [-0.4, -0.2) is 21.8 Å². The molecule has 25 heavy (non-hydrogen) atoms. The Morgan fingerprint density at radius 2 is 2.00 bits per heavy atom. The van der Waals surface area contributed by atoms with Gasteiger partial charge in [-0.1, -0.05) is 30.3 Å². The fourth-order valence-corrected chi connectivity index (χ4v) is 2.50. The van der Waals surface area contributed by atoms with Crippen LogP contribution in [-0.2, 0) is 13.1 Å². The van der Waals surface area contributed by atoms with Crippen molar-refractivity contribution in [2.45, 2.75) is 13.1 Å². The number of nitro benzene ring substituents is 1. The molecule has 0 radical (unpaired) electrons. The Morgan fingerprint density at radius 1 is 1.20 bits per heavy atom. The lowest BCUT2D eigenvalue weighted by Gasteiger charge is -2.07. The van der Waals surface area contributed by atoms with E-state index >= 15 is 0 Å². The lowest BCUT2D eigenvalue weighted by atomic mass is 10.2. The molecule has 2 aromatic carbocycles. The van der Waals surface area contributed by atoms with Crippen LogP contribution in [0.4, 0.5) is 11.4 Å². The number of nitrogens with one attached hydrogen (secondary N) is 1. The molecule has 0 saturated heterocycles. The van der Waals surface area contributed by atoms with Gasteiger partial charge in [-0.2, -0.15) is 5.10 Å². The Balaban J connectivity index is 1.63. The number of ether oxygens (including phenoxy) is 1. The van der Waals surface area contributed by atoms with Crippen LogP contribution in [0, 0.1) is 10.1 Å². The quantitative estimate of drug-likeness (QED) is 0.527. The van der Waals surface area contributed by atoms with Crippen LogP contribution in [0.15, 0.2) is 60.9 Å². The zero-order chi connectivity index (χ0) is 17.6. The van der Waals surface area contributed by atoms with Gasteiger partial charge >= 0.3 is 5.69 Å². The van der Waals surface area contributed by atoms with E-state index in [9.17, 15) is 10.1 Å². The Hall–Kier alpha value is -3.35. The highest BCUT2D eigenvalue weighted by Gasteiger charge is 2.14. The second-order valence-corrected chi connectivity index (χ2v) is 5.53. The first-order valence-electron chi connectivity index (χ1n) is 7.77. The maximum absolute atomic E-state index is 10.9. The topological polar surface area (TPSA) is 82.2 Å². The first-order valence-corrected chi connectivity index (χ1v) is 7.77. The third-order valence-corrected chi connectivity index (χ3v) is 3.75. The fraction of sp³-hybridized carbons (Fsp3) is 0.167. The summed E-state index contributed by atoms with van der Waals surface area (Å²) in [5.74, 6) is 0.231. The molecule has 0 unspecified atom stereocenters. The van der Waals surface area contributed by atoms with Gasteiger partial charge in [0.15, 0.2) is 5.75 Å². The molecule has 7 heteroatoms. The average Bonchev–Trinajstić information content (AvgIpc) is 3.07. The summed E-state index contributed by atoms with van der Waals surface area (Å²) < 4.78 is 6.95. The fourth-order valence-electron chi connectivity index (χ4n) is 2.50. The van der Waals surface area contributed by atoms with Gasteiger partial charge in [-0.15, -0.1) is 0 Å².